The third-order valence-electron chi connectivity index (χ3n) is 0.0445. The second kappa shape index (κ2) is 2.40. The van der Waals surface area contributed by atoms with Crippen molar-refractivity contribution >= 4 is 6.47 Å². The first-order chi connectivity index (χ1) is 1.91. The quantitative estimate of drug-likeness (QED) is 0.209. The van der Waals surface area contributed by atoms with Crippen molar-refractivity contribution in [3.63, 3.8) is 0 Å². The summed E-state index contributed by atoms with van der Waals surface area (Å²) in [6.07, 6.45) is 0. The topological polar surface area (TPSA) is 37.0 Å². The molecule has 0 aliphatic heterocycles. The van der Waals surface area contributed by atoms with Gasteiger partial charge in [-0.15, -0.1) is 4.39 Å². The Hall–Kier alpha value is -0.600. The summed E-state index contributed by atoms with van der Waals surface area (Å²) in [5, 5.41) is 9.51. The van der Waals surface area contributed by atoms with Gasteiger partial charge in [0.25, 0.3) is 0 Å². The van der Waals surface area contributed by atoms with Gasteiger partial charge < -0.3 is 5.21 Å². The van der Waals surface area contributed by atoms with E-state index in [1.54, 1.807) is 0 Å². The minimum Gasteiger partial charge on any atom is -0.624 e. The highest BCUT2D eigenvalue weighted by Gasteiger charge is 1.41. The molecule has 24 valence electrons. The molecule has 0 rings (SSSR count). The molecule has 0 atom stereocenters. The van der Waals surface area contributed by atoms with Gasteiger partial charge >= 0.3 is 6.47 Å². The molecule has 0 spiro atoms. The highest BCUT2D eigenvalue weighted by molar-refractivity contribution is 5.35. The van der Waals surface area contributed by atoms with Crippen LogP contribution in [0, 0.1) is 5.21 Å². The SMILES string of the molecule is [O-][NH+]=CF. The molecule has 1 N–H and O–H groups in total. The lowest BCUT2D eigenvalue weighted by Crippen LogP contribution is -2.58. The smallest absolute Gasteiger partial charge is 0.325 e. The zero-order valence-corrected chi connectivity index (χ0v) is 1.86. The van der Waals surface area contributed by atoms with Crippen LogP contribution in [0.3, 0.4) is 0 Å². The van der Waals surface area contributed by atoms with E-state index < -0.39 is 0 Å². The van der Waals surface area contributed by atoms with Crippen LogP contribution in [0.25, 0.3) is 0 Å². The van der Waals surface area contributed by atoms with Crippen molar-refractivity contribution in [2.45, 2.75) is 0 Å². The first kappa shape index (κ1) is 3.40. The van der Waals surface area contributed by atoms with Gasteiger partial charge in [0.1, 0.15) is 0 Å². The van der Waals surface area contributed by atoms with E-state index in [0.29, 0.717) is 0 Å². The zero-order valence-electron chi connectivity index (χ0n) is 1.86. The first-order valence-electron chi connectivity index (χ1n) is 0.711. The van der Waals surface area contributed by atoms with E-state index >= 15 is 0 Å². The standard InChI is InChI=1S/CH2FNO/c2-1-3-4/h1,3H. The molecule has 0 unspecified atom stereocenters. The minimum absolute atomic E-state index is 0.181. The van der Waals surface area contributed by atoms with Crippen molar-refractivity contribution in [2.75, 3.05) is 0 Å². The molecule has 0 aromatic heterocycles. The summed E-state index contributed by atoms with van der Waals surface area (Å²) in [5.74, 6) is 0. The van der Waals surface area contributed by atoms with E-state index in [0.717, 1.165) is 5.16 Å². The van der Waals surface area contributed by atoms with Crippen LogP contribution < -0.4 is 5.16 Å². The van der Waals surface area contributed by atoms with E-state index in [2.05, 4.69) is 0 Å². The lowest BCUT2D eigenvalue weighted by atomic mass is 11.6. The molecule has 3 heteroatoms. The van der Waals surface area contributed by atoms with Gasteiger partial charge in [0.2, 0.25) is 0 Å². The van der Waals surface area contributed by atoms with E-state index in [1.165, 1.54) is 0 Å². The van der Waals surface area contributed by atoms with Gasteiger partial charge in [0, 0.05) is 0 Å². The fourth-order valence-electron chi connectivity index (χ4n) is 0. The first-order valence-corrected chi connectivity index (χ1v) is 0.711. The molecule has 0 bridgehead atoms. The number of halogens is 1. The predicted molar refractivity (Wildman–Crippen MR) is 11.5 cm³/mol. The molecular formula is CH2FNO. The summed E-state index contributed by atoms with van der Waals surface area (Å²) in [4.78, 5) is 0. The molecule has 0 aliphatic rings. The van der Waals surface area contributed by atoms with Crippen molar-refractivity contribution in [1.29, 1.82) is 0 Å². The summed E-state index contributed by atoms with van der Waals surface area (Å²) < 4.78 is 10.2. The summed E-state index contributed by atoms with van der Waals surface area (Å²) in [7, 11) is 0. The monoisotopic (exact) mass is 63.0 g/mol. The molecule has 0 saturated carbocycles. The number of nitrogens with one attached hydrogen (secondary N) is 1. The second-order valence-corrected chi connectivity index (χ2v) is 0.227. The van der Waals surface area contributed by atoms with Gasteiger partial charge in [-0.3, -0.25) is 0 Å². The Kier molecular flexibility index (Phi) is 2.04. The molecular weight excluding hydrogens is 61.0 g/mol. The lowest BCUT2D eigenvalue weighted by Gasteiger charge is -1.61. The van der Waals surface area contributed by atoms with Crippen molar-refractivity contribution in [1.82, 2.24) is 0 Å². The average molecular weight is 63.0 g/mol. The van der Waals surface area contributed by atoms with Crippen LogP contribution in [0.5, 0.6) is 0 Å². The van der Waals surface area contributed by atoms with Gasteiger partial charge in [0.15, 0.2) is 0 Å². The van der Waals surface area contributed by atoms with Gasteiger partial charge in [-0.25, -0.2) is 5.16 Å². The van der Waals surface area contributed by atoms with E-state index in [4.69, 9.17) is 5.21 Å². The summed E-state index contributed by atoms with van der Waals surface area (Å²) >= 11 is 0. The molecule has 0 radical (unpaired) electrons. The molecule has 0 heterocycles. The fourth-order valence-corrected chi connectivity index (χ4v) is 0. The summed E-state index contributed by atoms with van der Waals surface area (Å²) in [6.45, 7) is -0.181. The van der Waals surface area contributed by atoms with Crippen molar-refractivity contribution in [3.05, 3.63) is 5.21 Å². The third-order valence-corrected chi connectivity index (χ3v) is 0.0445. The Morgan fingerprint density at radius 2 is 2.25 bits per heavy atom. The Morgan fingerprint density at radius 3 is 2.25 bits per heavy atom. The largest absolute Gasteiger partial charge is 0.624 e. The van der Waals surface area contributed by atoms with Crippen LogP contribution in [0.1, 0.15) is 0 Å². The Labute approximate surface area is 22.5 Å². The Balaban J connectivity index is 2.55. The Bertz CT molecular complexity index is 23.2. The molecule has 2 nitrogen and oxygen atoms in total. The minimum atomic E-state index is -0.181. The van der Waals surface area contributed by atoms with Gasteiger partial charge in [-0.05, 0) is 0 Å². The highest BCUT2D eigenvalue weighted by atomic mass is 19.1. The van der Waals surface area contributed by atoms with Crippen molar-refractivity contribution in [3.8, 4) is 0 Å². The van der Waals surface area contributed by atoms with Crippen molar-refractivity contribution in [2.24, 2.45) is 0 Å². The maximum Gasteiger partial charge on any atom is 0.325 e. The highest BCUT2D eigenvalue weighted by Crippen LogP contribution is 1.21. The van der Waals surface area contributed by atoms with E-state index in [9.17, 15) is 4.39 Å². The molecule has 0 amide bonds. The van der Waals surface area contributed by atoms with Gasteiger partial charge in [0.05, 0.1) is 0 Å². The molecule has 0 aliphatic carbocycles. The van der Waals surface area contributed by atoms with Crippen LogP contribution in [-0.4, -0.2) is 6.47 Å². The van der Waals surface area contributed by atoms with E-state index in [-0.39, 0.29) is 6.47 Å². The van der Waals surface area contributed by atoms with Crippen LogP contribution in [0.4, 0.5) is 4.39 Å². The predicted octanol–water partition coefficient (Wildman–Crippen LogP) is -1.44. The van der Waals surface area contributed by atoms with Crippen LogP contribution in [0.15, 0.2) is 0 Å². The molecule has 0 saturated heterocycles. The zero-order chi connectivity index (χ0) is 3.41. The molecule has 4 heavy (non-hydrogen) atoms. The normalized spacial score (nSPS) is 9.25. The maximum absolute atomic E-state index is 10.2. The number of hydrogen-bond donors (Lipinski definition) is 1. The fraction of sp³-hybridized carbons (Fsp3) is 0. The summed E-state index contributed by atoms with van der Waals surface area (Å²) in [6, 6.07) is 0. The number of hydrogen-bond acceptors (Lipinski definition) is 1. The second-order valence-electron chi connectivity index (χ2n) is 0.227. The van der Waals surface area contributed by atoms with Crippen LogP contribution in [-0.2, 0) is 0 Å². The van der Waals surface area contributed by atoms with Gasteiger partial charge in [-0.2, -0.15) is 0 Å². The third kappa shape index (κ3) is 1.40. The van der Waals surface area contributed by atoms with Crippen molar-refractivity contribution < 1.29 is 9.55 Å². The molecule has 0 aromatic rings. The van der Waals surface area contributed by atoms with E-state index in [1.807, 2.05) is 0 Å². The van der Waals surface area contributed by atoms with Crippen LogP contribution in [0.2, 0.25) is 0 Å². The molecule has 0 fully saturated rings. The lowest BCUT2D eigenvalue weighted by molar-refractivity contribution is -0.373. The van der Waals surface area contributed by atoms with Crippen LogP contribution >= 0.6 is 0 Å². The van der Waals surface area contributed by atoms with Gasteiger partial charge in [-0.1, -0.05) is 0 Å². The summed E-state index contributed by atoms with van der Waals surface area (Å²) in [5.41, 5.74) is 0. The Morgan fingerprint density at radius 1 is 2.00 bits per heavy atom. The average Bonchev–Trinajstić information content (AvgIpc) is 1.37. The molecule has 0 aromatic carbocycles. The number of rotatable bonds is 0. The maximum atomic E-state index is 10.2.